The Kier molecular flexibility index (Phi) is 2.63. The number of fused-ring (bicyclic) bond motifs is 3. The number of alkyl halides is 1. The highest BCUT2D eigenvalue weighted by Crippen LogP contribution is 2.61. The summed E-state index contributed by atoms with van der Waals surface area (Å²) in [5, 5.41) is 0. The molecule has 0 aliphatic heterocycles. The summed E-state index contributed by atoms with van der Waals surface area (Å²) in [5.74, 6) is 2.25. The van der Waals surface area contributed by atoms with Crippen LogP contribution in [0.1, 0.15) is 58.8 Å². The molecule has 1 nitrogen and oxygen atoms in total. The van der Waals surface area contributed by atoms with Gasteiger partial charge in [-0.1, -0.05) is 19.8 Å². The van der Waals surface area contributed by atoms with Gasteiger partial charge in [-0.2, -0.15) is 0 Å². The van der Waals surface area contributed by atoms with Gasteiger partial charge in [0.15, 0.2) is 0 Å². The molecule has 0 aromatic carbocycles. The van der Waals surface area contributed by atoms with Gasteiger partial charge in [0.2, 0.25) is 0 Å². The van der Waals surface area contributed by atoms with Crippen molar-refractivity contribution in [3.8, 4) is 0 Å². The predicted octanol–water partition coefficient (Wildman–Crippen LogP) is 4.18. The van der Waals surface area contributed by atoms with Gasteiger partial charge in [-0.05, 0) is 50.9 Å². The van der Waals surface area contributed by atoms with E-state index in [9.17, 15) is 4.79 Å². The predicted molar refractivity (Wildman–Crippen MR) is 70.2 cm³/mol. The van der Waals surface area contributed by atoms with Crippen LogP contribution in [0.15, 0.2) is 0 Å². The van der Waals surface area contributed by atoms with E-state index < -0.39 is 0 Å². The zero-order chi connectivity index (χ0) is 12.3. The molecule has 96 valence electrons. The van der Waals surface area contributed by atoms with Gasteiger partial charge in [0.1, 0.15) is 5.78 Å². The van der Waals surface area contributed by atoms with Crippen molar-refractivity contribution in [2.75, 3.05) is 0 Å². The summed E-state index contributed by atoms with van der Waals surface area (Å²) in [7, 11) is 0. The maximum absolute atomic E-state index is 12.7. The molecule has 2 heteroatoms. The molecule has 0 saturated heterocycles. The fourth-order valence-corrected chi connectivity index (χ4v) is 5.49. The molecule has 0 heterocycles. The average Bonchev–Trinajstić information content (AvgIpc) is 2.47. The first-order chi connectivity index (χ1) is 7.94. The molecule has 0 N–H and O–H groups in total. The largest absolute Gasteiger partial charge is 0.299 e. The average molecular weight is 255 g/mol. The van der Waals surface area contributed by atoms with Gasteiger partial charge < -0.3 is 0 Å². The van der Waals surface area contributed by atoms with Crippen LogP contribution in [0, 0.1) is 23.2 Å². The van der Waals surface area contributed by atoms with Crippen molar-refractivity contribution in [3.05, 3.63) is 0 Å². The van der Waals surface area contributed by atoms with Crippen molar-refractivity contribution >= 4 is 17.4 Å². The number of carbonyl (C=O) groups is 1. The molecular weight excluding hydrogens is 232 g/mol. The first-order valence-electron chi connectivity index (χ1n) is 7.17. The zero-order valence-electron chi connectivity index (χ0n) is 11.0. The Morgan fingerprint density at radius 3 is 2.65 bits per heavy atom. The molecule has 3 aliphatic rings. The number of hydrogen-bond acceptors (Lipinski definition) is 1. The Balaban J connectivity index is 1.94. The van der Waals surface area contributed by atoms with E-state index in [1.54, 1.807) is 0 Å². The Bertz CT molecular complexity index is 349. The van der Waals surface area contributed by atoms with Crippen molar-refractivity contribution in [3.63, 3.8) is 0 Å². The molecule has 17 heavy (non-hydrogen) atoms. The summed E-state index contributed by atoms with van der Waals surface area (Å²) in [5.41, 5.74) is -0.103. The first kappa shape index (κ1) is 12.0. The summed E-state index contributed by atoms with van der Waals surface area (Å²) in [6, 6.07) is 0. The van der Waals surface area contributed by atoms with E-state index in [2.05, 4.69) is 13.8 Å². The topological polar surface area (TPSA) is 17.1 Å². The highest BCUT2D eigenvalue weighted by molar-refractivity contribution is 6.24. The smallest absolute Gasteiger partial charge is 0.142 e. The molecule has 0 radical (unpaired) electrons. The lowest BCUT2D eigenvalue weighted by atomic mass is 9.63. The van der Waals surface area contributed by atoms with Crippen LogP contribution in [-0.2, 0) is 4.79 Å². The quantitative estimate of drug-likeness (QED) is 0.593. The number of hydrogen-bond donors (Lipinski definition) is 0. The molecule has 0 bridgehead atoms. The molecule has 3 fully saturated rings. The Morgan fingerprint density at radius 2 is 1.88 bits per heavy atom. The second-order valence-electron chi connectivity index (χ2n) is 7.07. The van der Waals surface area contributed by atoms with Crippen LogP contribution in [0.2, 0.25) is 0 Å². The number of Topliss-reactive ketones (excluding diaryl/α,β-unsaturated/α-hetero) is 1. The number of ketones is 1. The van der Waals surface area contributed by atoms with Gasteiger partial charge in [-0.25, -0.2) is 0 Å². The van der Waals surface area contributed by atoms with Crippen LogP contribution in [0.5, 0.6) is 0 Å². The standard InChI is InChI=1S/C15H23ClO/c1-14(16)8-7-12-10-5-3-4-6-11(10)13(17)15(12,2)9-14/h10-12H,3-9H2,1-2H3/t10-,11?,12+,14?,15+/m0/s1. The first-order valence-corrected chi connectivity index (χ1v) is 7.55. The number of rotatable bonds is 0. The minimum Gasteiger partial charge on any atom is -0.299 e. The molecule has 0 aromatic rings. The Morgan fingerprint density at radius 1 is 1.18 bits per heavy atom. The zero-order valence-corrected chi connectivity index (χ0v) is 11.7. The highest BCUT2D eigenvalue weighted by atomic mass is 35.5. The highest BCUT2D eigenvalue weighted by Gasteiger charge is 2.60. The number of halogens is 1. The van der Waals surface area contributed by atoms with Gasteiger partial charge in [-0.3, -0.25) is 4.79 Å². The molecule has 0 spiro atoms. The van der Waals surface area contributed by atoms with Gasteiger partial charge in [0.05, 0.1) is 0 Å². The summed E-state index contributed by atoms with van der Waals surface area (Å²) >= 11 is 6.54. The van der Waals surface area contributed by atoms with Crippen molar-refractivity contribution in [2.45, 2.75) is 63.7 Å². The van der Waals surface area contributed by atoms with E-state index in [0.29, 0.717) is 23.5 Å². The number of carbonyl (C=O) groups excluding carboxylic acids is 1. The van der Waals surface area contributed by atoms with Gasteiger partial charge in [0, 0.05) is 16.2 Å². The van der Waals surface area contributed by atoms with Crippen molar-refractivity contribution in [1.29, 1.82) is 0 Å². The van der Waals surface area contributed by atoms with Gasteiger partial charge in [-0.15, -0.1) is 11.6 Å². The van der Waals surface area contributed by atoms with E-state index in [1.165, 1.54) is 25.7 Å². The third-order valence-corrected chi connectivity index (χ3v) is 6.09. The summed E-state index contributed by atoms with van der Waals surface area (Å²) in [6.45, 7) is 4.32. The van der Waals surface area contributed by atoms with E-state index in [0.717, 1.165) is 19.3 Å². The third kappa shape index (κ3) is 1.69. The van der Waals surface area contributed by atoms with Crippen LogP contribution in [0.4, 0.5) is 0 Å². The normalized spacial score (nSPS) is 54.3. The summed E-state index contributed by atoms with van der Waals surface area (Å²) in [4.78, 5) is 12.6. The fraction of sp³-hybridized carbons (Fsp3) is 0.933. The van der Waals surface area contributed by atoms with Crippen LogP contribution >= 0.6 is 11.6 Å². The van der Waals surface area contributed by atoms with E-state index in [4.69, 9.17) is 11.6 Å². The minimum absolute atomic E-state index is 0.103. The SMILES string of the molecule is CC1(Cl)CC[C@@H]2[C@H]3CCCCC3C(=O)[C@]2(C)C1. The Hall–Kier alpha value is -0.0400. The second-order valence-corrected chi connectivity index (χ2v) is 7.98. The third-order valence-electron chi connectivity index (χ3n) is 5.77. The molecule has 0 amide bonds. The van der Waals surface area contributed by atoms with Crippen LogP contribution < -0.4 is 0 Å². The minimum atomic E-state index is -0.144. The molecule has 3 saturated carbocycles. The lowest BCUT2D eigenvalue weighted by Gasteiger charge is -2.44. The summed E-state index contributed by atoms with van der Waals surface area (Å²) < 4.78 is 0. The van der Waals surface area contributed by atoms with Crippen molar-refractivity contribution in [1.82, 2.24) is 0 Å². The van der Waals surface area contributed by atoms with Gasteiger partial charge in [0.25, 0.3) is 0 Å². The lowest BCUT2D eigenvalue weighted by molar-refractivity contribution is -0.131. The molecule has 0 aromatic heterocycles. The van der Waals surface area contributed by atoms with Crippen LogP contribution in [0.25, 0.3) is 0 Å². The van der Waals surface area contributed by atoms with E-state index in [1.807, 2.05) is 0 Å². The molecule has 3 rings (SSSR count). The maximum Gasteiger partial charge on any atom is 0.142 e. The van der Waals surface area contributed by atoms with E-state index in [-0.39, 0.29) is 10.3 Å². The monoisotopic (exact) mass is 254 g/mol. The fourth-order valence-electron chi connectivity index (χ4n) is 5.11. The molecular formula is C15H23ClO. The second kappa shape index (κ2) is 3.73. The van der Waals surface area contributed by atoms with Crippen molar-refractivity contribution < 1.29 is 4.79 Å². The van der Waals surface area contributed by atoms with Crippen LogP contribution in [-0.4, -0.2) is 10.7 Å². The lowest BCUT2D eigenvalue weighted by Crippen LogP contribution is -2.42. The van der Waals surface area contributed by atoms with E-state index >= 15 is 0 Å². The maximum atomic E-state index is 12.7. The van der Waals surface area contributed by atoms with Crippen LogP contribution in [0.3, 0.4) is 0 Å². The Labute approximate surface area is 109 Å². The summed E-state index contributed by atoms with van der Waals surface area (Å²) in [6.07, 6.45) is 8.18. The molecule has 3 aliphatic carbocycles. The van der Waals surface area contributed by atoms with Crippen molar-refractivity contribution in [2.24, 2.45) is 23.2 Å². The molecule has 5 atom stereocenters. The molecule has 2 unspecified atom stereocenters. The van der Waals surface area contributed by atoms with Gasteiger partial charge >= 0.3 is 0 Å².